The molecule has 1 aliphatic heterocycles. The predicted octanol–water partition coefficient (Wildman–Crippen LogP) is 2.12. The van der Waals surface area contributed by atoms with Gasteiger partial charge < -0.3 is 5.11 Å². The summed E-state index contributed by atoms with van der Waals surface area (Å²) in [6, 6.07) is 6.64. The number of aliphatic hydroxyl groups excluding tert-OH is 1. The molecule has 0 saturated carbocycles. The molecule has 1 aromatic rings. The maximum atomic E-state index is 9.12. The van der Waals surface area contributed by atoms with Crippen molar-refractivity contribution in [2.45, 2.75) is 26.8 Å². The third-order valence-corrected chi connectivity index (χ3v) is 3.53. The average molecular weight is 219 g/mol. The van der Waals surface area contributed by atoms with Crippen molar-refractivity contribution < 1.29 is 5.11 Å². The van der Waals surface area contributed by atoms with Crippen molar-refractivity contribution in [3.05, 3.63) is 34.9 Å². The van der Waals surface area contributed by atoms with Crippen molar-refractivity contribution in [1.29, 1.82) is 0 Å². The Kier molecular flexibility index (Phi) is 3.62. The average Bonchev–Trinajstić information content (AvgIpc) is 2.71. The van der Waals surface area contributed by atoms with Gasteiger partial charge >= 0.3 is 0 Å². The maximum absolute atomic E-state index is 9.12. The van der Waals surface area contributed by atoms with Gasteiger partial charge in [0.1, 0.15) is 0 Å². The minimum atomic E-state index is 0.337. The number of hydrogen-bond acceptors (Lipinski definition) is 2. The number of aryl methyl sites for hydroxylation is 2. The summed E-state index contributed by atoms with van der Waals surface area (Å²) in [5.41, 5.74) is 4.13. The Morgan fingerprint density at radius 3 is 2.88 bits per heavy atom. The van der Waals surface area contributed by atoms with Crippen LogP contribution in [0.1, 0.15) is 23.1 Å². The predicted molar refractivity (Wildman–Crippen MR) is 66.4 cm³/mol. The summed E-state index contributed by atoms with van der Waals surface area (Å²) in [6.07, 6.45) is 1.14. The standard InChI is InChI=1S/C14H21NO/c1-11-3-4-12(2)14(7-11)9-15-6-5-13(8-15)10-16/h3-4,7,13,16H,5-6,8-10H2,1-2H3. The number of benzene rings is 1. The lowest BCUT2D eigenvalue weighted by molar-refractivity contribution is 0.220. The van der Waals surface area contributed by atoms with Crippen LogP contribution in [-0.4, -0.2) is 29.7 Å². The molecule has 1 heterocycles. The van der Waals surface area contributed by atoms with Gasteiger partial charge in [0.25, 0.3) is 0 Å². The van der Waals surface area contributed by atoms with Crippen molar-refractivity contribution >= 4 is 0 Å². The highest BCUT2D eigenvalue weighted by Crippen LogP contribution is 2.20. The topological polar surface area (TPSA) is 23.5 Å². The lowest BCUT2D eigenvalue weighted by atomic mass is 10.1. The third-order valence-electron chi connectivity index (χ3n) is 3.53. The summed E-state index contributed by atoms with van der Waals surface area (Å²) < 4.78 is 0. The summed E-state index contributed by atoms with van der Waals surface area (Å²) >= 11 is 0. The fourth-order valence-electron chi connectivity index (χ4n) is 2.42. The van der Waals surface area contributed by atoms with Gasteiger partial charge in [-0.05, 0) is 43.9 Å². The number of nitrogens with zero attached hydrogens (tertiary/aromatic N) is 1. The van der Waals surface area contributed by atoms with E-state index in [0.717, 1.165) is 26.1 Å². The van der Waals surface area contributed by atoms with E-state index in [-0.39, 0.29) is 0 Å². The zero-order chi connectivity index (χ0) is 11.5. The molecule has 1 aliphatic rings. The van der Waals surface area contributed by atoms with Crippen molar-refractivity contribution in [3.63, 3.8) is 0 Å². The molecular formula is C14H21NO. The first-order valence-corrected chi connectivity index (χ1v) is 6.08. The normalized spacial score (nSPS) is 21.6. The van der Waals surface area contributed by atoms with Gasteiger partial charge in [0.2, 0.25) is 0 Å². The van der Waals surface area contributed by atoms with Crippen LogP contribution in [0.15, 0.2) is 18.2 Å². The number of aliphatic hydroxyl groups is 1. The van der Waals surface area contributed by atoms with E-state index in [2.05, 4.69) is 36.9 Å². The second-order valence-corrected chi connectivity index (χ2v) is 5.00. The molecule has 2 nitrogen and oxygen atoms in total. The van der Waals surface area contributed by atoms with Crippen LogP contribution >= 0.6 is 0 Å². The first-order valence-electron chi connectivity index (χ1n) is 6.08. The molecule has 0 radical (unpaired) electrons. The van der Waals surface area contributed by atoms with E-state index in [0.29, 0.717) is 12.5 Å². The van der Waals surface area contributed by atoms with Crippen LogP contribution in [-0.2, 0) is 6.54 Å². The van der Waals surface area contributed by atoms with Gasteiger partial charge in [-0.25, -0.2) is 0 Å². The van der Waals surface area contributed by atoms with Gasteiger partial charge in [0.15, 0.2) is 0 Å². The second kappa shape index (κ2) is 4.98. The van der Waals surface area contributed by atoms with Crippen LogP contribution in [0.4, 0.5) is 0 Å². The lowest BCUT2D eigenvalue weighted by Gasteiger charge is -2.17. The van der Waals surface area contributed by atoms with Gasteiger partial charge in [0.05, 0.1) is 0 Å². The number of likely N-dealkylation sites (tertiary alicyclic amines) is 1. The molecule has 1 saturated heterocycles. The summed E-state index contributed by atoms with van der Waals surface area (Å²) in [4.78, 5) is 2.45. The molecule has 1 N–H and O–H groups in total. The van der Waals surface area contributed by atoms with Crippen molar-refractivity contribution in [2.75, 3.05) is 19.7 Å². The minimum Gasteiger partial charge on any atom is -0.396 e. The Morgan fingerprint density at radius 2 is 2.19 bits per heavy atom. The number of hydrogen-bond donors (Lipinski definition) is 1. The molecule has 1 fully saturated rings. The van der Waals surface area contributed by atoms with Gasteiger partial charge in [-0.3, -0.25) is 4.90 Å². The molecule has 0 amide bonds. The van der Waals surface area contributed by atoms with E-state index in [1.54, 1.807) is 0 Å². The Bertz CT molecular complexity index is 362. The van der Waals surface area contributed by atoms with E-state index >= 15 is 0 Å². The van der Waals surface area contributed by atoms with Crippen molar-refractivity contribution in [3.8, 4) is 0 Å². The highest BCUT2D eigenvalue weighted by Gasteiger charge is 2.21. The van der Waals surface area contributed by atoms with E-state index in [4.69, 9.17) is 5.11 Å². The molecule has 0 spiro atoms. The summed E-state index contributed by atoms with van der Waals surface area (Å²) in [7, 11) is 0. The van der Waals surface area contributed by atoms with Crippen LogP contribution in [0.2, 0.25) is 0 Å². The van der Waals surface area contributed by atoms with Crippen LogP contribution in [0.25, 0.3) is 0 Å². The quantitative estimate of drug-likeness (QED) is 0.841. The zero-order valence-corrected chi connectivity index (χ0v) is 10.2. The summed E-state index contributed by atoms with van der Waals surface area (Å²) in [5.74, 6) is 0.491. The molecule has 1 unspecified atom stereocenters. The fourth-order valence-corrected chi connectivity index (χ4v) is 2.42. The first kappa shape index (κ1) is 11.6. The van der Waals surface area contributed by atoms with Crippen LogP contribution in [0, 0.1) is 19.8 Å². The molecule has 1 atom stereocenters. The molecule has 16 heavy (non-hydrogen) atoms. The monoisotopic (exact) mass is 219 g/mol. The first-order chi connectivity index (χ1) is 7.69. The van der Waals surface area contributed by atoms with E-state index in [1.165, 1.54) is 16.7 Å². The van der Waals surface area contributed by atoms with Gasteiger partial charge in [-0.1, -0.05) is 23.8 Å². The lowest BCUT2D eigenvalue weighted by Crippen LogP contribution is -2.21. The van der Waals surface area contributed by atoms with Gasteiger partial charge in [-0.15, -0.1) is 0 Å². The summed E-state index contributed by atoms with van der Waals surface area (Å²) in [6.45, 7) is 7.85. The Hall–Kier alpha value is -0.860. The van der Waals surface area contributed by atoms with Gasteiger partial charge in [-0.2, -0.15) is 0 Å². The zero-order valence-electron chi connectivity index (χ0n) is 10.2. The molecule has 2 heteroatoms. The summed E-state index contributed by atoms with van der Waals surface area (Å²) in [5, 5.41) is 9.12. The highest BCUT2D eigenvalue weighted by atomic mass is 16.3. The molecule has 0 aromatic heterocycles. The SMILES string of the molecule is Cc1ccc(C)c(CN2CCC(CO)C2)c1. The molecular weight excluding hydrogens is 198 g/mol. The molecule has 2 rings (SSSR count). The van der Waals surface area contributed by atoms with Crippen molar-refractivity contribution in [2.24, 2.45) is 5.92 Å². The third kappa shape index (κ3) is 2.63. The molecule has 1 aromatic carbocycles. The van der Waals surface area contributed by atoms with E-state index in [1.807, 2.05) is 0 Å². The molecule has 0 bridgehead atoms. The highest BCUT2D eigenvalue weighted by molar-refractivity contribution is 5.30. The van der Waals surface area contributed by atoms with Crippen LogP contribution in [0.5, 0.6) is 0 Å². The fraction of sp³-hybridized carbons (Fsp3) is 0.571. The Labute approximate surface area is 97.9 Å². The molecule has 0 aliphatic carbocycles. The maximum Gasteiger partial charge on any atom is 0.0471 e. The van der Waals surface area contributed by atoms with Gasteiger partial charge in [0, 0.05) is 19.7 Å². The largest absolute Gasteiger partial charge is 0.396 e. The smallest absolute Gasteiger partial charge is 0.0471 e. The van der Waals surface area contributed by atoms with E-state index < -0.39 is 0 Å². The Balaban J connectivity index is 2.01. The molecule has 88 valence electrons. The van der Waals surface area contributed by atoms with E-state index in [9.17, 15) is 0 Å². The Morgan fingerprint density at radius 1 is 1.38 bits per heavy atom. The second-order valence-electron chi connectivity index (χ2n) is 5.00. The van der Waals surface area contributed by atoms with Crippen molar-refractivity contribution in [1.82, 2.24) is 4.90 Å². The number of rotatable bonds is 3. The minimum absolute atomic E-state index is 0.337. The van der Waals surface area contributed by atoms with Crippen LogP contribution in [0.3, 0.4) is 0 Å². The van der Waals surface area contributed by atoms with Crippen LogP contribution < -0.4 is 0 Å².